The molecule has 0 heterocycles. The van der Waals surface area contributed by atoms with Gasteiger partial charge in [0.1, 0.15) is 0 Å². The molecule has 0 atom stereocenters. The van der Waals surface area contributed by atoms with E-state index in [1.807, 2.05) is 0 Å². The van der Waals surface area contributed by atoms with Crippen LogP contribution in [0.4, 0.5) is 0 Å². The van der Waals surface area contributed by atoms with Crippen LogP contribution in [0.3, 0.4) is 0 Å². The number of carbonyl (C=O) groups is 2. The van der Waals surface area contributed by atoms with Gasteiger partial charge in [0.25, 0.3) is 0 Å². The molecular weight excluding hydrogens is 263 g/mol. The van der Waals surface area contributed by atoms with E-state index in [0.717, 1.165) is 0 Å². The Morgan fingerprint density at radius 3 is 2.26 bits per heavy atom. The van der Waals surface area contributed by atoms with Crippen LogP contribution in [0, 0.1) is 0 Å². The number of hydrogen-bond acceptors (Lipinski definition) is 4. The van der Waals surface area contributed by atoms with E-state index in [2.05, 4.69) is 4.74 Å². The number of hydrogen-bond donors (Lipinski definition) is 1. The second-order valence-electron chi connectivity index (χ2n) is 3.53. The number of aliphatic hydroxyl groups excluding tert-OH is 1. The van der Waals surface area contributed by atoms with Crippen LogP contribution >= 0.6 is 11.6 Å². The first-order valence-corrected chi connectivity index (χ1v) is 5.72. The van der Waals surface area contributed by atoms with E-state index < -0.39 is 17.5 Å². The Bertz CT molecular complexity index is 494. The first-order chi connectivity index (χ1) is 8.47. The second kappa shape index (κ2) is 8.06. The summed E-state index contributed by atoms with van der Waals surface area (Å²) in [6.07, 6.45) is 0. The number of rotatable bonds is 4. The summed E-state index contributed by atoms with van der Waals surface area (Å²) in [5, 5.41) is 10.1. The van der Waals surface area contributed by atoms with Crippen LogP contribution in [0.2, 0.25) is 5.02 Å². The van der Waals surface area contributed by atoms with Gasteiger partial charge in [0, 0.05) is 16.2 Å². The Morgan fingerprint density at radius 2 is 1.79 bits per heavy atom. The van der Waals surface area contributed by atoms with E-state index in [1.54, 1.807) is 19.1 Å². The second-order valence-corrected chi connectivity index (χ2v) is 3.97. The zero-order chi connectivity index (χ0) is 13.7. The molecule has 0 aliphatic rings. The van der Waals surface area contributed by atoms with E-state index in [0.29, 0.717) is 10.6 Å². The molecule has 1 N–H and O–H groups in total. The third-order valence-corrected chi connectivity index (χ3v) is 2.52. The average molecular weight is 277 g/mol. The Morgan fingerprint density at radius 1 is 1.26 bits per heavy atom. The Labute approximate surface area is 128 Å². The molecule has 0 saturated carbocycles. The molecule has 0 aliphatic heterocycles. The minimum absolute atomic E-state index is 0. The molecule has 0 bridgehead atoms. The van der Waals surface area contributed by atoms with Crippen LogP contribution in [-0.4, -0.2) is 42.3 Å². The third kappa shape index (κ3) is 4.75. The van der Waals surface area contributed by atoms with Crippen LogP contribution in [0.5, 0.6) is 0 Å². The fourth-order valence-corrected chi connectivity index (χ4v) is 1.40. The number of benzene rings is 1. The van der Waals surface area contributed by atoms with Gasteiger partial charge in [-0.05, 0) is 38.1 Å². The van der Waals surface area contributed by atoms with E-state index in [-0.39, 0.29) is 31.0 Å². The molecule has 4 nitrogen and oxygen atoms in total. The fourth-order valence-electron chi connectivity index (χ4n) is 1.28. The monoisotopic (exact) mass is 276 g/mol. The van der Waals surface area contributed by atoms with Gasteiger partial charge < -0.3 is 9.84 Å². The van der Waals surface area contributed by atoms with Gasteiger partial charge in [-0.1, -0.05) is 11.6 Å². The van der Waals surface area contributed by atoms with Crippen molar-refractivity contribution in [1.82, 2.24) is 0 Å². The maximum atomic E-state index is 11.9. The number of ketones is 1. The van der Waals surface area contributed by atoms with Crippen molar-refractivity contribution < 1.29 is 19.4 Å². The van der Waals surface area contributed by atoms with Gasteiger partial charge in [0.15, 0.2) is 5.78 Å². The van der Waals surface area contributed by atoms with Crippen molar-refractivity contribution in [2.24, 2.45) is 0 Å². The summed E-state index contributed by atoms with van der Waals surface area (Å²) < 4.78 is 4.61. The summed E-state index contributed by atoms with van der Waals surface area (Å²) in [7, 11) is 0. The van der Waals surface area contributed by atoms with Gasteiger partial charge in [-0.25, -0.2) is 4.79 Å². The summed E-state index contributed by atoms with van der Waals surface area (Å²) in [5.41, 5.74) is 0.281. The molecule has 0 aromatic heterocycles. The van der Waals surface area contributed by atoms with E-state index in [1.165, 1.54) is 19.1 Å². The van der Waals surface area contributed by atoms with Gasteiger partial charge in [-0.15, -0.1) is 0 Å². The molecule has 6 heteroatoms. The fraction of sp³-hybridized carbons (Fsp3) is 0.231. The number of Topliss-reactive ketones (excluding diaryl/α,β-unsaturated/α-hetero) is 1. The number of esters is 1. The molecule has 0 unspecified atom stereocenters. The molecule has 1 aromatic rings. The van der Waals surface area contributed by atoms with Gasteiger partial charge in [0.2, 0.25) is 5.76 Å². The summed E-state index contributed by atoms with van der Waals surface area (Å²) in [4.78, 5) is 23.2. The van der Waals surface area contributed by atoms with Crippen LogP contribution in [0.25, 0.3) is 0 Å². The Hall–Kier alpha value is -1.21. The van der Waals surface area contributed by atoms with Crippen molar-refractivity contribution in [2.45, 2.75) is 13.8 Å². The van der Waals surface area contributed by atoms with E-state index >= 15 is 0 Å². The molecule has 0 spiro atoms. The molecule has 1 rings (SSSR count). The molecule has 0 radical (unpaired) electrons. The quantitative estimate of drug-likeness (QED) is 0.301. The molecule has 0 aliphatic carbocycles. The standard InChI is InChI=1S/C13H13ClO4.Li.H/c1-3-18-13(17)12(16)8(2)11(15)9-4-6-10(14)7-5-9;;/h4-7,16H,3H2,1-2H3;;/b12-8-;;. The molecule has 0 fully saturated rings. The van der Waals surface area contributed by atoms with Crippen molar-refractivity contribution in [3.05, 3.63) is 46.2 Å². The number of carbonyl (C=O) groups excluding carboxylic acids is 2. The summed E-state index contributed by atoms with van der Waals surface area (Å²) >= 11 is 5.70. The van der Waals surface area contributed by atoms with E-state index in [4.69, 9.17) is 11.6 Å². The number of halogens is 1. The Balaban J connectivity index is 0.00000324. The van der Waals surface area contributed by atoms with Gasteiger partial charge in [-0.3, -0.25) is 4.79 Å². The zero-order valence-corrected chi connectivity index (χ0v) is 10.8. The SMILES string of the molecule is CCOC(=O)/C(O)=C(\C)C(=O)c1ccc(Cl)cc1.[LiH]. The normalized spacial score (nSPS) is 11.1. The van der Waals surface area contributed by atoms with E-state index in [9.17, 15) is 14.7 Å². The third-order valence-electron chi connectivity index (χ3n) is 2.27. The zero-order valence-electron chi connectivity index (χ0n) is 10.1. The number of ether oxygens (including phenoxy) is 1. The van der Waals surface area contributed by atoms with Crippen molar-refractivity contribution in [3.8, 4) is 0 Å². The minimum atomic E-state index is -0.905. The first-order valence-electron chi connectivity index (χ1n) is 5.34. The number of allylic oxidation sites excluding steroid dienone is 1. The van der Waals surface area contributed by atoms with Crippen LogP contribution in [-0.2, 0) is 9.53 Å². The summed E-state index contributed by atoms with van der Waals surface area (Å²) in [6, 6.07) is 6.16. The Kier molecular flexibility index (Phi) is 7.54. The van der Waals surface area contributed by atoms with Crippen LogP contribution in [0.1, 0.15) is 24.2 Å². The molecule has 19 heavy (non-hydrogen) atoms. The molecule has 0 saturated heterocycles. The maximum absolute atomic E-state index is 11.9. The predicted octanol–water partition coefficient (Wildman–Crippen LogP) is 2.27. The topological polar surface area (TPSA) is 63.6 Å². The van der Waals surface area contributed by atoms with Crippen molar-refractivity contribution >= 4 is 42.2 Å². The molecule has 98 valence electrons. The first kappa shape index (κ1) is 17.8. The average Bonchev–Trinajstić information content (AvgIpc) is 2.37. The van der Waals surface area contributed by atoms with Crippen molar-refractivity contribution in [1.29, 1.82) is 0 Å². The molecular formula is C13H14ClLiO4. The number of aliphatic hydroxyl groups is 1. The summed E-state index contributed by atoms with van der Waals surface area (Å²) in [5.74, 6) is -2.02. The predicted molar refractivity (Wildman–Crippen MR) is 74.9 cm³/mol. The van der Waals surface area contributed by atoms with Gasteiger partial charge in [0.05, 0.1) is 6.61 Å². The van der Waals surface area contributed by atoms with Crippen molar-refractivity contribution in [2.75, 3.05) is 6.61 Å². The van der Waals surface area contributed by atoms with Gasteiger partial charge in [-0.2, -0.15) is 0 Å². The van der Waals surface area contributed by atoms with Crippen molar-refractivity contribution in [3.63, 3.8) is 0 Å². The summed E-state index contributed by atoms with van der Waals surface area (Å²) in [6.45, 7) is 3.11. The van der Waals surface area contributed by atoms with Crippen LogP contribution < -0.4 is 0 Å². The van der Waals surface area contributed by atoms with Crippen LogP contribution in [0.15, 0.2) is 35.6 Å². The molecule has 1 aromatic carbocycles. The molecule has 0 amide bonds. The van der Waals surface area contributed by atoms with Gasteiger partial charge >= 0.3 is 24.8 Å².